The van der Waals surface area contributed by atoms with E-state index in [-0.39, 0.29) is 5.57 Å². The first-order valence-electron chi connectivity index (χ1n) is 6.38. The molecule has 23 heavy (non-hydrogen) atoms. The number of amides is 4. The molecule has 2 heterocycles. The molecule has 0 unspecified atom stereocenters. The molecule has 0 saturated carbocycles. The Kier molecular flexibility index (Phi) is 4.34. The van der Waals surface area contributed by atoms with E-state index in [0.717, 1.165) is 9.37 Å². The van der Waals surface area contributed by atoms with Gasteiger partial charge in [-0.15, -0.1) is 11.3 Å². The van der Waals surface area contributed by atoms with Crippen LogP contribution in [-0.2, 0) is 9.59 Å². The van der Waals surface area contributed by atoms with Crippen LogP contribution < -0.4 is 10.2 Å². The van der Waals surface area contributed by atoms with E-state index in [0.29, 0.717) is 14.9 Å². The van der Waals surface area contributed by atoms with E-state index >= 15 is 0 Å². The fourth-order valence-electron chi connectivity index (χ4n) is 2.03. The molecule has 0 bridgehead atoms. The average Bonchev–Trinajstić information content (AvgIpc) is 2.91. The summed E-state index contributed by atoms with van der Waals surface area (Å²) in [5, 5.41) is 2.17. The zero-order valence-electron chi connectivity index (χ0n) is 11.4. The summed E-state index contributed by atoms with van der Waals surface area (Å²) in [6, 6.07) is 9.21. The maximum Gasteiger partial charge on any atom is 0.335 e. The van der Waals surface area contributed by atoms with Crippen molar-refractivity contribution in [3.63, 3.8) is 0 Å². The number of hydrogen-bond acceptors (Lipinski definition) is 4. The highest BCUT2D eigenvalue weighted by molar-refractivity contribution is 9.10. The summed E-state index contributed by atoms with van der Waals surface area (Å²) in [4.78, 5) is 38.1. The summed E-state index contributed by atoms with van der Waals surface area (Å²) in [5.41, 5.74) is 0.254. The molecule has 1 aromatic carbocycles. The van der Waals surface area contributed by atoms with Crippen molar-refractivity contribution in [2.75, 3.05) is 4.90 Å². The van der Waals surface area contributed by atoms with Gasteiger partial charge < -0.3 is 0 Å². The lowest BCUT2D eigenvalue weighted by molar-refractivity contribution is -0.122. The first-order valence-corrected chi connectivity index (χ1v) is 8.37. The molecule has 1 aliphatic rings. The quantitative estimate of drug-likeness (QED) is 0.603. The molecule has 2 aromatic rings. The van der Waals surface area contributed by atoms with Crippen LogP contribution in [-0.4, -0.2) is 17.8 Å². The van der Waals surface area contributed by atoms with Crippen LogP contribution in [0, 0.1) is 0 Å². The Balaban J connectivity index is 2.00. The monoisotopic (exact) mass is 410 g/mol. The Morgan fingerprint density at radius 3 is 2.39 bits per heavy atom. The molecule has 5 nitrogen and oxygen atoms in total. The van der Waals surface area contributed by atoms with Crippen molar-refractivity contribution < 1.29 is 14.4 Å². The first-order chi connectivity index (χ1) is 11.0. The maximum absolute atomic E-state index is 12.6. The summed E-state index contributed by atoms with van der Waals surface area (Å²) in [6.45, 7) is 0. The summed E-state index contributed by atoms with van der Waals surface area (Å²) in [5.74, 6) is -1.40. The lowest BCUT2D eigenvalue weighted by Gasteiger charge is -2.26. The summed E-state index contributed by atoms with van der Waals surface area (Å²) in [6.07, 6.45) is 1.42. The van der Waals surface area contributed by atoms with Crippen LogP contribution in [0.2, 0.25) is 4.34 Å². The van der Waals surface area contributed by atoms with E-state index in [2.05, 4.69) is 21.2 Å². The highest BCUT2D eigenvalue weighted by Gasteiger charge is 2.36. The molecule has 1 fully saturated rings. The number of imide groups is 2. The topological polar surface area (TPSA) is 66.5 Å². The summed E-state index contributed by atoms with van der Waals surface area (Å²) in [7, 11) is 0. The summed E-state index contributed by atoms with van der Waals surface area (Å²) >= 11 is 10.4. The van der Waals surface area contributed by atoms with Crippen molar-refractivity contribution in [3.8, 4) is 0 Å². The standard InChI is InChI=1S/C15H8BrClN2O3S/c16-8-1-3-9(4-2-8)19-14(21)11(13(20)18-15(19)22)7-10-5-6-12(17)23-10/h1-7H,(H,18,20,22). The van der Waals surface area contributed by atoms with Gasteiger partial charge in [0.25, 0.3) is 11.8 Å². The Morgan fingerprint density at radius 1 is 1.09 bits per heavy atom. The molecular formula is C15H8BrClN2O3S. The molecule has 0 spiro atoms. The van der Waals surface area contributed by atoms with E-state index in [9.17, 15) is 14.4 Å². The van der Waals surface area contributed by atoms with Crippen LogP contribution in [0.25, 0.3) is 6.08 Å². The third kappa shape index (κ3) is 3.21. The van der Waals surface area contributed by atoms with Crippen molar-refractivity contribution in [2.45, 2.75) is 0 Å². The maximum atomic E-state index is 12.6. The van der Waals surface area contributed by atoms with Crippen molar-refractivity contribution in [1.29, 1.82) is 0 Å². The van der Waals surface area contributed by atoms with Gasteiger partial charge in [-0.25, -0.2) is 9.69 Å². The molecule has 0 atom stereocenters. The van der Waals surface area contributed by atoms with Crippen LogP contribution in [0.5, 0.6) is 0 Å². The number of nitrogens with zero attached hydrogens (tertiary/aromatic N) is 1. The third-order valence-corrected chi connectivity index (χ3v) is 4.77. The molecule has 116 valence electrons. The van der Waals surface area contributed by atoms with E-state index in [4.69, 9.17) is 11.6 Å². The lowest BCUT2D eigenvalue weighted by atomic mass is 10.1. The van der Waals surface area contributed by atoms with Gasteiger partial charge in [-0.2, -0.15) is 0 Å². The van der Waals surface area contributed by atoms with E-state index in [1.165, 1.54) is 17.4 Å². The molecule has 1 N–H and O–H groups in total. The fourth-order valence-corrected chi connectivity index (χ4v) is 3.30. The molecule has 1 aromatic heterocycles. The number of benzene rings is 1. The highest BCUT2D eigenvalue weighted by atomic mass is 79.9. The largest absolute Gasteiger partial charge is 0.335 e. The summed E-state index contributed by atoms with van der Waals surface area (Å²) < 4.78 is 1.35. The number of barbiturate groups is 1. The number of rotatable bonds is 2. The first kappa shape index (κ1) is 15.9. The van der Waals surface area contributed by atoms with Crippen LogP contribution in [0.4, 0.5) is 10.5 Å². The number of thiophene rings is 1. The number of urea groups is 1. The Hall–Kier alpha value is -1.96. The van der Waals surface area contributed by atoms with Gasteiger partial charge in [0.1, 0.15) is 5.57 Å². The van der Waals surface area contributed by atoms with Gasteiger partial charge in [0.2, 0.25) is 0 Å². The van der Waals surface area contributed by atoms with Crippen molar-refractivity contribution in [1.82, 2.24) is 5.32 Å². The SMILES string of the molecule is O=C1NC(=O)N(c2ccc(Br)cc2)C(=O)C1=Cc1ccc(Cl)s1. The van der Waals surface area contributed by atoms with Gasteiger partial charge in [0, 0.05) is 9.35 Å². The van der Waals surface area contributed by atoms with Crippen molar-refractivity contribution >= 4 is 68.5 Å². The van der Waals surface area contributed by atoms with Gasteiger partial charge in [-0.1, -0.05) is 27.5 Å². The smallest absolute Gasteiger partial charge is 0.273 e. The van der Waals surface area contributed by atoms with Gasteiger partial charge in [-0.3, -0.25) is 14.9 Å². The highest BCUT2D eigenvalue weighted by Crippen LogP contribution is 2.27. The number of nitrogens with one attached hydrogen (secondary N) is 1. The molecule has 0 radical (unpaired) electrons. The normalized spacial score (nSPS) is 16.9. The Morgan fingerprint density at radius 2 is 1.78 bits per heavy atom. The Bertz CT molecular complexity index is 845. The predicted octanol–water partition coefficient (Wildman–Crippen LogP) is 3.83. The second kappa shape index (κ2) is 6.27. The van der Waals surface area contributed by atoms with Crippen molar-refractivity contribution in [2.24, 2.45) is 0 Å². The second-order valence-electron chi connectivity index (χ2n) is 4.58. The van der Waals surface area contributed by atoms with Crippen molar-refractivity contribution in [3.05, 3.63) is 55.7 Å². The molecule has 3 rings (SSSR count). The number of hydrogen-bond donors (Lipinski definition) is 1. The third-order valence-electron chi connectivity index (χ3n) is 3.07. The minimum absolute atomic E-state index is 0.119. The van der Waals surface area contributed by atoms with Gasteiger partial charge in [-0.05, 0) is 42.5 Å². The Labute approximate surface area is 148 Å². The minimum atomic E-state index is -0.774. The van der Waals surface area contributed by atoms with Crippen LogP contribution in [0.1, 0.15) is 4.88 Å². The predicted molar refractivity (Wildman–Crippen MR) is 92.5 cm³/mol. The zero-order chi connectivity index (χ0) is 16.6. The van der Waals surface area contributed by atoms with E-state index in [1.807, 2.05) is 0 Å². The number of halogens is 2. The molecule has 1 saturated heterocycles. The minimum Gasteiger partial charge on any atom is -0.273 e. The second-order valence-corrected chi connectivity index (χ2v) is 7.24. The van der Waals surface area contributed by atoms with Gasteiger partial charge in [0.05, 0.1) is 10.0 Å². The number of carbonyl (C=O) groups is 3. The zero-order valence-corrected chi connectivity index (χ0v) is 14.5. The lowest BCUT2D eigenvalue weighted by Crippen LogP contribution is -2.54. The fraction of sp³-hybridized carbons (Fsp3) is 0. The number of anilines is 1. The average molecular weight is 412 g/mol. The molecule has 8 heteroatoms. The number of carbonyl (C=O) groups excluding carboxylic acids is 3. The van der Waals surface area contributed by atoms with E-state index < -0.39 is 17.8 Å². The van der Waals surface area contributed by atoms with Gasteiger partial charge >= 0.3 is 6.03 Å². The molecule has 1 aliphatic heterocycles. The van der Waals surface area contributed by atoms with Crippen LogP contribution in [0.15, 0.2) is 46.4 Å². The van der Waals surface area contributed by atoms with E-state index in [1.54, 1.807) is 36.4 Å². The molecule has 4 amide bonds. The van der Waals surface area contributed by atoms with Crippen LogP contribution >= 0.6 is 38.9 Å². The molecule has 0 aliphatic carbocycles. The van der Waals surface area contributed by atoms with Crippen LogP contribution in [0.3, 0.4) is 0 Å². The van der Waals surface area contributed by atoms with Gasteiger partial charge in [0.15, 0.2) is 0 Å². The molecular weight excluding hydrogens is 404 g/mol.